The summed E-state index contributed by atoms with van der Waals surface area (Å²) in [6, 6.07) is 7.43. The fourth-order valence-corrected chi connectivity index (χ4v) is 3.89. The molecule has 1 aromatic heterocycles. The normalized spacial score (nSPS) is 12.4. The summed E-state index contributed by atoms with van der Waals surface area (Å²) in [5, 5.41) is 17.6. The minimum Gasteiger partial charge on any atom is -0.561 e. The molecule has 31 heavy (non-hydrogen) atoms. The van der Waals surface area contributed by atoms with E-state index in [1.165, 1.54) is 19.4 Å². The number of aliphatic hydroxyl groups is 1. The lowest BCUT2D eigenvalue weighted by molar-refractivity contribution is 0.0694. The van der Waals surface area contributed by atoms with Gasteiger partial charge in [0, 0.05) is 28.9 Å². The highest BCUT2D eigenvalue weighted by Crippen LogP contribution is 2.31. The van der Waals surface area contributed by atoms with Crippen LogP contribution in [-0.2, 0) is 6.42 Å². The lowest BCUT2D eigenvalue weighted by atomic mass is 9.98. The van der Waals surface area contributed by atoms with Crippen LogP contribution in [-0.4, -0.2) is 34.5 Å². The molecule has 0 aliphatic carbocycles. The molecule has 0 aliphatic heterocycles. The molecule has 1 heterocycles. The number of aromatic nitrogens is 1. The number of nitrogens with zero attached hydrogens (tertiary/aromatic N) is 1. The maximum Gasteiger partial charge on any atom is 0.554 e. The van der Waals surface area contributed by atoms with Gasteiger partial charge in [0.05, 0.1) is 30.3 Å². The van der Waals surface area contributed by atoms with Crippen LogP contribution in [0.15, 0.2) is 41.3 Å². The lowest BCUT2D eigenvalue weighted by Crippen LogP contribution is -2.25. The topological polar surface area (TPSA) is 91.4 Å². The molecular formula is C23H24ClFNO5+. The zero-order valence-corrected chi connectivity index (χ0v) is 18.2. The molecule has 0 amide bonds. The Kier molecular flexibility index (Phi) is 6.67. The number of fused-ring (bicyclic) bond motifs is 1. The molecule has 0 bridgehead atoms. The molecule has 1 atom stereocenters. The predicted octanol–water partition coefficient (Wildman–Crippen LogP) is 3.45. The van der Waals surface area contributed by atoms with Crippen molar-refractivity contribution in [1.29, 1.82) is 0 Å². The average molecular weight is 449 g/mol. The number of halogens is 2. The van der Waals surface area contributed by atoms with E-state index in [0.717, 1.165) is 0 Å². The van der Waals surface area contributed by atoms with Gasteiger partial charge in [0.25, 0.3) is 0 Å². The van der Waals surface area contributed by atoms with Crippen LogP contribution >= 0.6 is 11.6 Å². The highest BCUT2D eigenvalue weighted by atomic mass is 35.5. The van der Waals surface area contributed by atoms with Crippen molar-refractivity contribution in [3.8, 4) is 5.75 Å². The molecule has 0 spiro atoms. The molecule has 3 aromatic rings. The Labute approximate surface area is 183 Å². The predicted molar refractivity (Wildman–Crippen MR) is 118 cm³/mol. The first kappa shape index (κ1) is 22.8. The Bertz CT molecular complexity index is 1200. The van der Waals surface area contributed by atoms with Crippen molar-refractivity contribution < 1.29 is 24.1 Å². The average Bonchev–Trinajstić information content (AvgIpc) is 2.72. The molecule has 0 saturated heterocycles. The fraction of sp³-hybridized carbons (Fsp3) is 0.304. The third-order valence-electron chi connectivity index (χ3n) is 5.41. The molecule has 0 radical (unpaired) electrons. The molecule has 0 fully saturated rings. The third kappa shape index (κ3) is 4.29. The number of methoxy groups -OCH3 is 1. The molecule has 0 saturated carbocycles. The van der Waals surface area contributed by atoms with Crippen LogP contribution in [0, 0.1) is 11.7 Å². The first-order valence-corrected chi connectivity index (χ1v) is 10.1. The second kappa shape index (κ2) is 9.08. The summed E-state index contributed by atoms with van der Waals surface area (Å²) in [4.78, 5) is 24.8. The summed E-state index contributed by atoms with van der Waals surface area (Å²) in [7, 11) is 1.47. The zero-order valence-electron chi connectivity index (χ0n) is 17.4. The molecule has 0 unspecified atom stereocenters. The lowest BCUT2D eigenvalue weighted by Gasteiger charge is -2.25. The number of hydrogen-bond acceptors (Lipinski definition) is 4. The Hall–Kier alpha value is -2.90. The summed E-state index contributed by atoms with van der Waals surface area (Å²) in [6.45, 7) is 3.58. The highest BCUT2D eigenvalue weighted by Gasteiger charge is 2.25. The van der Waals surface area contributed by atoms with Crippen molar-refractivity contribution >= 4 is 28.5 Å². The van der Waals surface area contributed by atoms with Crippen molar-refractivity contribution in [3.05, 3.63) is 74.3 Å². The van der Waals surface area contributed by atoms with E-state index in [0.29, 0.717) is 22.4 Å². The van der Waals surface area contributed by atoms with E-state index in [4.69, 9.17) is 21.4 Å². The summed E-state index contributed by atoms with van der Waals surface area (Å²) >= 11 is 5.89. The second-order valence-corrected chi connectivity index (χ2v) is 8.08. The number of pyridine rings is 1. The number of ether oxygens (including phenoxy) is 1. The van der Waals surface area contributed by atoms with Crippen molar-refractivity contribution in [2.45, 2.75) is 26.3 Å². The van der Waals surface area contributed by atoms with Gasteiger partial charge in [-0.1, -0.05) is 37.6 Å². The summed E-state index contributed by atoms with van der Waals surface area (Å²) < 4.78 is 21.6. The van der Waals surface area contributed by atoms with E-state index < -0.39 is 23.3 Å². The first-order chi connectivity index (χ1) is 14.7. The minimum atomic E-state index is -1.11. The highest BCUT2D eigenvalue weighted by molar-refractivity contribution is 6.30. The van der Waals surface area contributed by atoms with Gasteiger partial charge < -0.3 is 19.5 Å². The van der Waals surface area contributed by atoms with Crippen molar-refractivity contribution in [2.75, 3.05) is 13.7 Å². The fourth-order valence-electron chi connectivity index (χ4n) is 3.70. The van der Waals surface area contributed by atoms with Crippen molar-refractivity contribution in [3.63, 3.8) is 0 Å². The molecule has 3 N–H and O–H groups in total. The SMILES string of the molecule is COc1cc2c(cc1Cc1cccc(Cl)c1F)c(=O)c(C(=O)[OH2+])cn2[C@H](CO)C(C)C. The van der Waals surface area contributed by atoms with E-state index >= 15 is 0 Å². The van der Waals surface area contributed by atoms with Crippen molar-refractivity contribution in [2.24, 2.45) is 5.92 Å². The van der Waals surface area contributed by atoms with Gasteiger partial charge in [-0.05, 0) is 29.2 Å². The third-order valence-corrected chi connectivity index (χ3v) is 5.70. The number of benzene rings is 2. The van der Waals surface area contributed by atoms with Crippen LogP contribution in [0.1, 0.15) is 41.4 Å². The monoisotopic (exact) mass is 448 g/mol. The maximum absolute atomic E-state index is 14.5. The number of carbonyl (C=O) groups is 1. The van der Waals surface area contributed by atoms with Gasteiger partial charge in [0.2, 0.25) is 5.43 Å². The van der Waals surface area contributed by atoms with Crippen molar-refractivity contribution in [1.82, 2.24) is 4.57 Å². The van der Waals surface area contributed by atoms with Gasteiger partial charge >= 0.3 is 5.97 Å². The molecule has 6 nitrogen and oxygen atoms in total. The largest absolute Gasteiger partial charge is 0.561 e. The van der Waals surface area contributed by atoms with Crippen LogP contribution in [0.2, 0.25) is 5.02 Å². The summed E-state index contributed by atoms with van der Waals surface area (Å²) in [5.41, 5.74) is 0.418. The quantitative estimate of drug-likeness (QED) is 0.560. The Morgan fingerprint density at radius 1 is 1.29 bits per heavy atom. The van der Waals surface area contributed by atoms with Gasteiger partial charge in [-0.25, -0.2) is 4.39 Å². The van der Waals surface area contributed by atoms with Crippen LogP contribution in [0.4, 0.5) is 4.39 Å². The minimum absolute atomic E-state index is 0.00979. The number of carbonyl (C=O) groups excluding carboxylic acids is 1. The zero-order chi connectivity index (χ0) is 22.9. The van der Waals surface area contributed by atoms with Gasteiger partial charge in [0.15, 0.2) is 5.56 Å². The maximum atomic E-state index is 14.5. The number of rotatable bonds is 7. The van der Waals surface area contributed by atoms with Gasteiger partial charge in [-0.2, -0.15) is 0 Å². The Balaban J connectivity index is 2.32. The van der Waals surface area contributed by atoms with Gasteiger partial charge in [-0.15, -0.1) is 0 Å². The molecule has 2 aromatic carbocycles. The molecular weight excluding hydrogens is 425 g/mol. The van der Waals surface area contributed by atoms with E-state index in [1.807, 2.05) is 13.8 Å². The summed E-state index contributed by atoms with van der Waals surface area (Å²) in [6.07, 6.45) is 1.42. The first-order valence-electron chi connectivity index (χ1n) is 9.75. The molecule has 3 rings (SSSR count). The van der Waals surface area contributed by atoms with Crippen LogP contribution in [0.5, 0.6) is 5.75 Å². The Morgan fingerprint density at radius 2 is 2.00 bits per heavy atom. The van der Waals surface area contributed by atoms with E-state index in [2.05, 4.69) is 0 Å². The second-order valence-electron chi connectivity index (χ2n) is 7.67. The van der Waals surface area contributed by atoms with E-state index in [9.17, 15) is 19.1 Å². The standard InChI is InChI=1S/C23H23ClFNO5/c1-12(2)19(11-27)26-10-16(23(29)30)22(28)15-8-14(20(31-3)9-18(15)26)7-13-5-4-6-17(24)21(13)25/h4-6,8-10,12,19,27H,7,11H2,1-3H3,(H,29,30)/p+1/t19-/m1/s1. The molecule has 0 aliphatic rings. The number of hydrogen-bond donors (Lipinski definition) is 1. The summed E-state index contributed by atoms with van der Waals surface area (Å²) in [5.74, 6) is -1.26. The van der Waals surface area contributed by atoms with Crippen LogP contribution in [0.3, 0.4) is 0 Å². The van der Waals surface area contributed by atoms with E-state index in [1.54, 1.807) is 28.8 Å². The molecule has 164 valence electrons. The number of aliphatic hydroxyl groups excluding tert-OH is 1. The van der Waals surface area contributed by atoms with Crippen LogP contribution < -0.4 is 10.2 Å². The van der Waals surface area contributed by atoms with E-state index in [-0.39, 0.29) is 34.9 Å². The van der Waals surface area contributed by atoms with Crippen LogP contribution in [0.25, 0.3) is 10.9 Å². The van der Waals surface area contributed by atoms with Gasteiger partial charge in [-0.3, -0.25) is 4.79 Å². The smallest absolute Gasteiger partial charge is 0.554 e. The molecule has 8 heteroatoms. The van der Waals surface area contributed by atoms with Gasteiger partial charge in [0.1, 0.15) is 11.6 Å². The Morgan fingerprint density at radius 3 is 2.58 bits per heavy atom.